The molecule has 0 amide bonds. The summed E-state index contributed by atoms with van der Waals surface area (Å²) in [6.45, 7) is 1.51. The smallest absolute Gasteiger partial charge is 0.343 e. The minimum absolute atomic E-state index is 0. The molecular formula is C14H19ClF3N5. The monoisotopic (exact) mass is 349 g/mol. The number of likely N-dealkylation sites (tertiary alicyclic amines) is 1. The van der Waals surface area contributed by atoms with Gasteiger partial charge in [0.25, 0.3) is 0 Å². The fourth-order valence-electron chi connectivity index (χ4n) is 2.26. The van der Waals surface area contributed by atoms with E-state index in [4.69, 9.17) is 10.8 Å². The van der Waals surface area contributed by atoms with Crippen molar-refractivity contribution in [2.24, 2.45) is 0 Å². The van der Waals surface area contributed by atoms with Crippen LogP contribution >= 0.6 is 12.4 Å². The van der Waals surface area contributed by atoms with Crippen LogP contribution in [0, 0.1) is 10.8 Å². The highest BCUT2D eigenvalue weighted by Crippen LogP contribution is 2.30. The molecule has 0 atom stereocenters. The Bertz CT molecular complexity index is 556. The molecule has 1 fully saturated rings. The molecule has 0 radical (unpaired) electrons. The van der Waals surface area contributed by atoms with Crippen LogP contribution in [0.3, 0.4) is 0 Å². The van der Waals surface area contributed by atoms with E-state index in [0.29, 0.717) is 0 Å². The first kappa shape index (κ1) is 19.1. The molecule has 5 nitrogen and oxygen atoms in total. The summed E-state index contributed by atoms with van der Waals surface area (Å²) in [6.07, 6.45) is -1.30. The zero-order valence-corrected chi connectivity index (χ0v) is 13.2. The Hall–Kier alpha value is -1.96. The molecule has 2 rings (SSSR count). The van der Waals surface area contributed by atoms with E-state index in [9.17, 15) is 13.2 Å². The summed E-state index contributed by atoms with van der Waals surface area (Å²) in [5.74, 6) is -0.140. The second kappa shape index (κ2) is 8.05. The molecule has 1 aliphatic rings. The second-order valence-electron chi connectivity index (χ2n) is 5.10. The number of hydrogen-bond donors (Lipinski definition) is 4. The zero-order valence-electron chi connectivity index (χ0n) is 12.3. The standard InChI is InChI=1S/C14H18F3N5.ClH/c15-14(16,17)10-5-4-6-11(9-10)20-12(18)21-13(19)22-7-2-1-3-8-22;/h4-6,9H,1-3,7-8H2,(H4,18,19,20,21);1H. The van der Waals surface area contributed by atoms with Gasteiger partial charge >= 0.3 is 6.18 Å². The van der Waals surface area contributed by atoms with Crippen molar-refractivity contribution in [2.75, 3.05) is 18.4 Å². The van der Waals surface area contributed by atoms with Gasteiger partial charge in [0.1, 0.15) is 0 Å². The predicted octanol–water partition coefficient (Wildman–Crippen LogP) is 3.48. The van der Waals surface area contributed by atoms with Gasteiger partial charge in [0, 0.05) is 18.8 Å². The molecule has 1 heterocycles. The quantitative estimate of drug-likeness (QED) is 0.463. The largest absolute Gasteiger partial charge is 0.416 e. The third-order valence-electron chi connectivity index (χ3n) is 3.37. The van der Waals surface area contributed by atoms with Crippen molar-refractivity contribution in [3.05, 3.63) is 29.8 Å². The minimum Gasteiger partial charge on any atom is -0.343 e. The van der Waals surface area contributed by atoms with Crippen LogP contribution in [0.2, 0.25) is 0 Å². The third-order valence-corrected chi connectivity index (χ3v) is 3.37. The summed E-state index contributed by atoms with van der Waals surface area (Å²) < 4.78 is 37.9. The van der Waals surface area contributed by atoms with E-state index in [1.54, 1.807) is 0 Å². The summed E-state index contributed by atoms with van der Waals surface area (Å²) in [5, 5.41) is 20.7. The van der Waals surface area contributed by atoms with Crippen molar-refractivity contribution >= 4 is 30.0 Å². The normalized spacial score (nSPS) is 14.7. The molecule has 1 aliphatic heterocycles. The molecular weight excluding hydrogens is 331 g/mol. The summed E-state index contributed by atoms with van der Waals surface area (Å²) in [6, 6.07) is 4.61. The maximum atomic E-state index is 12.6. The van der Waals surface area contributed by atoms with Crippen molar-refractivity contribution in [3.8, 4) is 0 Å². The summed E-state index contributed by atoms with van der Waals surface area (Å²) in [4.78, 5) is 1.81. The van der Waals surface area contributed by atoms with E-state index < -0.39 is 11.7 Å². The van der Waals surface area contributed by atoms with Crippen LogP contribution in [0.5, 0.6) is 0 Å². The molecule has 9 heteroatoms. The van der Waals surface area contributed by atoms with Crippen molar-refractivity contribution in [1.29, 1.82) is 10.8 Å². The first-order chi connectivity index (χ1) is 10.4. The summed E-state index contributed by atoms with van der Waals surface area (Å²) >= 11 is 0. The topological polar surface area (TPSA) is 75.0 Å². The average molecular weight is 350 g/mol. The Morgan fingerprint density at radius 1 is 1.09 bits per heavy atom. The number of alkyl halides is 3. The lowest BCUT2D eigenvalue weighted by atomic mass is 10.1. The first-order valence-corrected chi connectivity index (χ1v) is 6.99. The molecule has 1 aromatic rings. The van der Waals surface area contributed by atoms with Gasteiger partial charge in [-0.05, 0) is 37.5 Å². The lowest BCUT2D eigenvalue weighted by molar-refractivity contribution is -0.137. The lowest BCUT2D eigenvalue weighted by Gasteiger charge is -2.29. The summed E-state index contributed by atoms with van der Waals surface area (Å²) in [7, 11) is 0. The van der Waals surface area contributed by atoms with Crippen LogP contribution in [0.25, 0.3) is 0 Å². The fourth-order valence-corrected chi connectivity index (χ4v) is 2.26. The number of guanidine groups is 2. The van der Waals surface area contributed by atoms with Gasteiger partial charge in [-0.15, -0.1) is 12.4 Å². The van der Waals surface area contributed by atoms with E-state index in [1.165, 1.54) is 12.1 Å². The Morgan fingerprint density at radius 3 is 2.35 bits per heavy atom. The number of nitrogens with zero attached hydrogens (tertiary/aromatic N) is 1. The van der Waals surface area contributed by atoms with Crippen molar-refractivity contribution in [3.63, 3.8) is 0 Å². The molecule has 0 aromatic heterocycles. The molecule has 1 aromatic carbocycles. The molecule has 1 saturated heterocycles. The maximum absolute atomic E-state index is 12.6. The van der Waals surface area contributed by atoms with E-state index in [1.807, 2.05) is 4.90 Å². The number of benzene rings is 1. The fraction of sp³-hybridized carbons (Fsp3) is 0.429. The van der Waals surface area contributed by atoms with Crippen molar-refractivity contribution in [1.82, 2.24) is 10.2 Å². The van der Waals surface area contributed by atoms with E-state index >= 15 is 0 Å². The SMILES string of the molecule is Cl.N=C(NC(=N)N1CCCCC1)Nc1cccc(C(F)(F)F)c1. The van der Waals surface area contributed by atoms with Crippen LogP contribution in [0.1, 0.15) is 24.8 Å². The van der Waals surface area contributed by atoms with Gasteiger partial charge in [0.05, 0.1) is 5.56 Å². The van der Waals surface area contributed by atoms with Crippen LogP contribution in [-0.4, -0.2) is 29.9 Å². The highest BCUT2D eigenvalue weighted by Gasteiger charge is 2.30. The van der Waals surface area contributed by atoms with Gasteiger partial charge in [-0.25, -0.2) is 0 Å². The number of anilines is 1. The summed E-state index contributed by atoms with van der Waals surface area (Å²) in [5.41, 5.74) is -0.629. The molecule has 0 unspecified atom stereocenters. The lowest BCUT2D eigenvalue weighted by Crippen LogP contribution is -2.47. The molecule has 0 spiro atoms. The number of rotatable bonds is 1. The van der Waals surface area contributed by atoms with E-state index in [2.05, 4.69) is 10.6 Å². The highest BCUT2D eigenvalue weighted by atomic mass is 35.5. The number of nitrogens with one attached hydrogen (secondary N) is 4. The van der Waals surface area contributed by atoms with Crippen molar-refractivity contribution < 1.29 is 13.2 Å². The molecule has 4 N–H and O–H groups in total. The van der Waals surface area contributed by atoms with Crippen molar-refractivity contribution in [2.45, 2.75) is 25.4 Å². The Labute approximate surface area is 138 Å². The first-order valence-electron chi connectivity index (χ1n) is 6.99. The van der Waals surface area contributed by atoms with Gasteiger partial charge in [0.2, 0.25) is 0 Å². The predicted molar refractivity (Wildman–Crippen MR) is 86.3 cm³/mol. The molecule has 128 valence electrons. The zero-order chi connectivity index (χ0) is 16.2. The minimum atomic E-state index is -4.42. The van der Waals surface area contributed by atoms with Gasteiger partial charge in [0.15, 0.2) is 11.9 Å². The molecule has 0 bridgehead atoms. The molecule has 0 aliphatic carbocycles. The highest BCUT2D eigenvalue weighted by molar-refractivity contribution is 6.02. The van der Waals surface area contributed by atoms with E-state index in [-0.39, 0.29) is 30.0 Å². The number of piperidine rings is 1. The van der Waals surface area contributed by atoms with Crippen LogP contribution < -0.4 is 10.6 Å². The van der Waals surface area contributed by atoms with E-state index in [0.717, 1.165) is 44.5 Å². The Balaban J connectivity index is 0.00000264. The van der Waals surface area contributed by atoms with Crippen LogP contribution in [0.4, 0.5) is 18.9 Å². The number of hydrogen-bond acceptors (Lipinski definition) is 2. The average Bonchev–Trinajstić information content (AvgIpc) is 2.47. The second-order valence-corrected chi connectivity index (χ2v) is 5.10. The van der Waals surface area contributed by atoms with Gasteiger partial charge in [-0.3, -0.25) is 16.1 Å². The van der Waals surface area contributed by atoms with Crippen LogP contribution in [0.15, 0.2) is 24.3 Å². The van der Waals surface area contributed by atoms with Gasteiger partial charge < -0.3 is 10.2 Å². The molecule has 23 heavy (non-hydrogen) atoms. The molecule has 0 saturated carbocycles. The Kier molecular flexibility index (Phi) is 6.68. The number of halogens is 4. The third kappa shape index (κ3) is 5.63. The maximum Gasteiger partial charge on any atom is 0.416 e. The van der Waals surface area contributed by atoms with Gasteiger partial charge in [-0.1, -0.05) is 6.07 Å². The van der Waals surface area contributed by atoms with Crippen LogP contribution in [-0.2, 0) is 6.18 Å². The van der Waals surface area contributed by atoms with Gasteiger partial charge in [-0.2, -0.15) is 13.2 Å². The Morgan fingerprint density at radius 2 is 1.74 bits per heavy atom.